The number of hydrogen-bond donors (Lipinski definition) is 23. The second kappa shape index (κ2) is 26.6. The fraction of sp³-hybridized carbons (Fsp3) is 0.930. The number of carboxylic acid groups (broad SMARTS) is 1. The summed E-state index contributed by atoms with van der Waals surface area (Å²) in [6, 6.07) is -10.2. The van der Waals surface area contributed by atoms with Gasteiger partial charge in [0.15, 0.2) is 60.5 Å². The molecule has 0 aromatic heterocycles. The highest BCUT2D eigenvalue weighted by molar-refractivity contribution is 5.99. The molecule has 6 aliphatic rings. The summed E-state index contributed by atoms with van der Waals surface area (Å²) in [5.41, 5.74) is 30.0. The van der Waals surface area contributed by atoms with Gasteiger partial charge in [0.2, 0.25) is 0 Å². The number of aliphatic hydroxyl groups excluding tert-OH is 16. The molecule has 0 aliphatic carbocycles. The molecular formula is C43H76N6O30. The summed E-state index contributed by atoms with van der Waals surface area (Å²) in [5.74, 6) is -9.49. The molecule has 0 saturated carbocycles. The highest BCUT2D eigenvalue weighted by Gasteiger charge is 2.64. The number of carboxylic acids is 1. The standard InChI is InChI=1S/C43H76N6O30/c1-9(35(66)67)10(32(63)43(8-55)34(65)27(62)21(49)41(79-43)77-31-14(6-53)73-39(19(47)25(31)60)75-29-12(4-51)71-37(69)17(45)23(29)58)2-15(56)42(7-54)33(64)26(61)20(48)40(78-42)76-30-13(5-52)72-38(18(46)24(30)59)74-28-11(3-50)70-36(68)16(44)22(28)57/h9-14,16-31,33-34,36-41,50-55,57-62,64-65,68-69H,2-8,44-49H2,1H3,(H,66,67)/t9?,10?,11-,12-,13-,14-,16-,17-,18-,19-,20-,21-,22-,23-,24-,25-,26-,27-,28?,29?,30?,31?,33+,34+,36-,37-,38+,39+,40+,41+,42+,43+/m1/s1. The maximum absolute atomic E-state index is 14.9. The molecule has 6 heterocycles. The van der Waals surface area contributed by atoms with Gasteiger partial charge in [0, 0.05) is 12.3 Å². The molecule has 0 radical (unpaired) electrons. The van der Waals surface area contributed by atoms with Crippen molar-refractivity contribution in [3.63, 3.8) is 0 Å². The number of carbonyl (C=O) groups is 3. The van der Waals surface area contributed by atoms with E-state index >= 15 is 0 Å². The van der Waals surface area contributed by atoms with Crippen LogP contribution in [0.5, 0.6) is 0 Å². The fourth-order valence-corrected chi connectivity index (χ4v) is 10.4. The number of Topliss-reactive ketones (excluding diaryl/α,β-unsaturated/α-hetero) is 2. The van der Waals surface area contributed by atoms with Crippen molar-refractivity contribution >= 4 is 17.5 Å². The molecule has 0 spiro atoms. The quantitative estimate of drug-likeness (QED) is 0.0507. The summed E-state index contributed by atoms with van der Waals surface area (Å²) in [7, 11) is 0. The minimum atomic E-state index is -3.23. The molecule has 0 aromatic rings. The summed E-state index contributed by atoms with van der Waals surface area (Å²) in [5, 5.41) is 182. The molecule has 36 heteroatoms. The second-order valence-electron chi connectivity index (χ2n) is 20.4. The van der Waals surface area contributed by atoms with E-state index in [1.807, 2.05) is 0 Å². The molecule has 6 unspecified atom stereocenters. The minimum Gasteiger partial charge on any atom is -0.481 e. The third kappa shape index (κ3) is 12.4. The smallest absolute Gasteiger partial charge is 0.306 e. The Bertz CT molecular complexity index is 2030. The average Bonchev–Trinajstić information content (AvgIpc) is 3.61. The number of ether oxygens (including phenoxy) is 10. The van der Waals surface area contributed by atoms with Crippen LogP contribution in [0, 0.1) is 11.8 Å². The summed E-state index contributed by atoms with van der Waals surface area (Å²) in [4.78, 5) is 42.2. The van der Waals surface area contributed by atoms with E-state index in [0.717, 1.165) is 6.92 Å². The first-order valence-corrected chi connectivity index (χ1v) is 25.0. The number of aliphatic carboxylic acids is 1. The Hall–Kier alpha value is -2.47. The molecule has 0 bridgehead atoms. The van der Waals surface area contributed by atoms with Gasteiger partial charge >= 0.3 is 5.97 Å². The zero-order valence-corrected chi connectivity index (χ0v) is 42.1. The molecule has 6 rings (SSSR count). The van der Waals surface area contributed by atoms with Crippen molar-refractivity contribution in [2.45, 2.75) is 196 Å². The Morgan fingerprint density at radius 1 is 0.456 bits per heavy atom. The van der Waals surface area contributed by atoms with Crippen LogP contribution in [0.15, 0.2) is 0 Å². The maximum atomic E-state index is 14.9. The van der Waals surface area contributed by atoms with Gasteiger partial charge in [-0.1, -0.05) is 6.92 Å². The predicted octanol–water partition coefficient (Wildman–Crippen LogP) is -15.7. The van der Waals surface area contributed by atoms with Crippen molar-refractivity contribution in [1.29, 1.82) is 0 Å². The van der Waals surface area contributed by atoms with Gasteiger partial charge in [-0.2, -0.15) is 0 Å². The van der Waals surface area contributed by atoms with E-state index in [2.05, 4.69) is 0 Å². The van der Waals surface area contributed by atoms with Crippen LogP contribution < -0.4 is 34.4 Å². The highest BCUT2D eigenvalue weighted by atomic mass is 16.8. The van der Waals surface area contributed by atoms with Gasteiger partial charge in [-0.25, -0.2) is 0 Å². The van der Waals surface area contributed by atoms with Crippen LogP contribution in [0.1, 0.15) is 13.3 Å². The first-order valence-electron chi connectivity index (χ1n) is 25.0. The van der Waals surface area contributed by atoms with E-state index in [0.29, 0.717) is 0 Å². The molecule has 6 saturated heterocycles. The lowest BCUT2D eigenvalue weighted by molar-refractivity contribution is -0.356. The van der Waals surface area contributed by atoms with Crippen molar-refractivity contribution in [2.75, 3.05) is 39.6 Å². The molecule has 32 atom stereocenters. The molecule has 0 aromatic carbocycles. The molecule has 29 N–H and O–H groups in total. The lowest BCUT2D eigenvalue weighted by atomic mass is 9.71. The molecule has 458 valence electrons. The van der Waals surface area contributed by atoms with Gasteiger partial charge in [0.1, 0.15) is 97.7 Å². The van der Waals surface area contributed by atoms with Gasteiger partial charge < -0.3 is 169 Å². The van der Waals surface area contributed by atoms with Crippen LogP contribution in [0.4, 0.5) is 0 Å². The van der Waals surface area contributed by atoms with Crippen LogP contribution in [-0.4, -0.2) is 327 Å². The zero-order valence-electron chi connectivity index (χ0n) is 42.1. The SMILES string of the molecule is CC(C(=O)O)C(CC(=O)[C@]1(CO)O[C@H](OC2[C@@H](CO)O[C@@H](OC3[C@@H](CO)O[C@@H](O)[C@H](N)[C@H]3O)[C@H](N)[C@H]2O)[C@H](N)[C@@H](O)[C@@H]1O)C(=O)[C@]1(CO)O[C@H](OC2[C@@H](CO)O[C@@H](OC3[C@@H](CO)O[C@@H](O)[C@H](N)[C@H]3O)[C@H](N)[C@H]2O)[C@H](N)[C@@H](O)[C@@H]1O. The molecule has 36 nitrogen and oxygen atoms in total. The van der Waals surface area contributed by atoms with Gasteiger partial charge in [-0.3, -0.25) is 14.4 Å². The molecule has 6 fully saturated rings. The van der Waals surface area contributed by atoms with E-state index in [4.69, 9.17) is 81.8 Å². The first-order chi connectivity index (χ1) is 37.1. The van der Waals surface area contributed by atoms with Gasteiger partial charge in [0.05, 0.1) is 81.8 Å². The molecule has 0 amide bonds. The van der Waals surface area contributed by atoms with Crippen molar-refractivity contribution in [1.82, 2.24) is 0 Å². The summed E-state index contributed by atoms with van der Waals surface area (Å²) < 4.78 is 56.5. The van der Waals surface area contributed by atoms with Crippen molar-refractivity contribution in [2.24, 2.45) is 46.2 Å². The largest absolute Gasteiger partial charge is 0.481 e. The van der Waals surface area contributed by atoms with E-state index < -0.39 is 258 Å². The number of hydrogen-bond acceptors (Lipinski definition) is 35. The van der Waals surface area contributed by atoms with Gasteiger partial charge in [0.25, 0.3) is 0 Å². The zero-order chi connectivity index (χ0) is 59.1. The van der Waals surface area contributed by atoms with Crippen molar-refractivity contribution < 1.29 is 149 Å². The number of nitrogens with two attached hydrogens (primary N) is 6. The van der Waals surface area contributed by atoms with Crippen LogP contribution in [0.3, 0.4) is 0 Å². The molecular weight excluding hydrogens is 1080 g/mol. The number of carbonyl (C=O) groups excluding carboxylic acids is 2. The van der Waals surface area contributed by atoms with Crippen LogP contribution in [0.2, 0.25) is 0 Å². The summed E-state index contributed by atoms with van der Waals surface area (Å²) in [6.07, 6.45) is -43.3. The first kappa shape index (κ1) is 65.7. The topological polar surface area (TPSA) is 644 Å². The van der Waals surface area contributed by atoms with Crippen LogP contribution >= 0.6 is 0 Å². The van der Waals surface area contributed by atoms with E-state index in [1.165, 1.54) is 0 Å². The third-order valence-corrected chi connectivity index (χ3v) is 15.6. The number of rotatable bonds is 21. The normalized spacial score (nSPS) is 49.7. The Kier molecular flexibility index (Phi) is 22.1. The third-order valence-electron chi connectivity index (χ3n) is 15.6. The summed E-state index contributed by atoms with van der Waals surface area (Å²) in [6.45, 7) is -6.12. The number of aliphatic hydroxyl groups is 16. The lowest BCUT2D eigenvalue weighted by Gasteiger charge is -2.51. The summed E-state index contributed by atoms with van der Waals surface area (Å²) >= 11 is 0. The number of ketones is 2. The van der Waals surface area contributed by atoms with Gasteiger partial charge in [-0.15, -0.1) is 0 Å². The Morgan fingerprint density at radius 2 is 0.759 bits per heavy atom. The minimum absolute atomic E-state index is 0.827. The average molecular weight is 1160 g/mol. The van der Waals surface area contributed by atoms with Crippen molar-refractivity contribution in [3.05, 3.63) is 0 Å². The van der Waals surface area contributed by atoms with Crippen LogP contribution in [0.25, 0.3) is 0 Å². The monoisotopic (exact) mass is 1160 g/mol. The Balaban J connectivity index is 1.23. The second-order valence-corrected chi connectivity index (χ2v) is 20.4. The molecule has 6 aliphatic heterocycles. The Morgan fingerprint density at radius 3 is 1.10 bits per heavy atom. The highest BCUT2D eigenvalue weighted by Crippen LogP contribution is 2.41. The van der Waals surface area contributed by atoms with E-state index in [-0.39, 0.29) is 0 Å². The van der Waals surface area contributed by atoms with Crippen LogP contribution in [-0.2, 0) is 61.8 Å². The molecule has 79 heavy (non-hydrogen) atoms. The fourth-order valence-electron chi connectivity index (χ4n) is 10.4. The Labute approximate surface area is 447 Å². The van der Waals surface area contributed by atoms with E-state index in [9.17, 15) is 101 Å². The van der Waals surface area contributed by atoms with Crippen molar-refractivity contribution in [3.8, 4) is 0 Å². The lowest BCUT2D eigenvalue weighted by Crippen LogP contribution is -2.74. The predicted molar refractivity (Wildman–Crippen MR) is 247 cm³/mol. The van der Waals surface area contributed by atoms with Gasteiger partial charge in [-0.05, 0) is 0 Å². The van der Waals surface area contributed by atoms with E-state index in [1.54, 1.807) is 0 Å². The maximum Gasteiger partial charge on any atom is 0.306 e.